The summed E-state index contributed by atoms with van der Waals surface area (Å²) in [6.45, 7) is 0. The van der Waals surface area contributed by atoms with Crippen molar-refractivity contribution in [1.29, 1.82) is 0 Å². The first-order valence-corrected chi connectivity index (χ1v) is 8.10. The van der Waals surface area contributed by atoms with Crippen molar-refractivity contribution in [3.05, 3.63) is 65.9 Å². The summed E-state index contributed by atoms with van der Waals surface area (Å²) in [6, 6.07) is 11.1. The summed E-state index contributed by atoms with van der Waals surface area (Å²) in [7, 11) is 2.99. The number of amides is 1. The number of ether oxygens (including phenoxy) is 2. The van der Waals surface area contributed by atoms with Gasteiger partial charge in [-0.1, -0.05) is 6.07 Å². The van der Waals surface area contributed by atoms with E-state index < -0.39 is 17.5 Å². The molecule has 0 bridgehead atoms. The van der Waals surface area contributed by atoms with E-state index in [-0.39, 0.29) is 17.2 Å². The number of halogens is 2. The number of aromatic nitrogens is 2. The first-order chi connectivity index (χ1) is 13.5. The summed E-state index contributed by atoms with van der Waals surface area (Å²) in [6.07, 6.45) is 0. The number of hydrogen-bond acceptors (Lipinski definition) is 6. The molecule has 1 amide bonds. The van der Waals surface area contributed by atoms with Crippen LogP contribution in [0.5, 0.6) is 11.5 Å². The van der Waals surface area contributed by atoms with Crippen LogP contribution in [-0.4, -0.2) is 30.3 Å². The standard InChI is InChI=1S/C19H16F2N4O3/c1-27-15-8-6-11(10-16(15)28-2)22-19(26)14-7-9-17(25-24-14)23-18-12(20)4-3-5-13(18)21/h3-10H,1-2H3,(H,22,26)(H,23,25). The minimum atomic E-state index is -0.767. The molecule has 28 heavy (non-hydrogen) atoms. The first kappa shape index (κ1) is 19.0. The fraction of sp³-hybridized carbons (Fsp3) is 0.105. The molecular weight excluding hydrogens is 370 g/mol. The smallest absolute Gasteiger partial charge is 0.276 e. The van der Waals surface area contributed by atoms with Crippen molar-refractivity contribution in [2.45, 2.75) is 0 Å². The molecule has 0 aliphatic rings. The molecule has 2 N–H and O–H groups in total. The molecular formula is C19H16F2N4O3. The Bertz CT molecular complexity index is 977. The second kappa shape index (κ2) is 8.30. The Morgan fingerprint density at radius 2 is 1.64 bits per heavy atom. The van der Waals surface area contributed by atoms with Gasteiger partial charge in [-0.25, -0.2) is 8.78 Å². The number of rotatable bonds is 6. The molecule has 1 aromatic heterocycles. The topological polar surface area (TPSA) is 85.4 Å². The molecule has 0 unspecified atom stereocenters. The molecule has 0 saturated heterocycles. The van der Waals surface area contributed by atoms with Crippen molar-refractivity contribution in [1.82, 2.24) is 10.2 Å². The molecule has 0 fully saturated rings. The second-order valence-electron chi connectivity index (χ2n) is 5.55. The van der Waals surface area contributed by atoms with E-state index in [1.165, 1.54) is 32.4 Å². The van der Waals surface area contributed by atoms with Crippen LogP contribution in [0.2, 0.25) is 0 Å². The highest BCUT2D eigenvalue weighted by Gasteiger charge is 2.13. The Labute approximate surface area is 159 Å². The van der Waals surface area contributed by atoms with Crippen molar-refractivity contribution in [2.75, 3.05) is 24.9 Å². The Hall–Kier alpha value is -3.75. The van der Waals surface area contributed by atoms with Gasteiger partial charge >= 0.3 is 0 Å². The van der Waals surface area contributed by atoms with E-state index in [1.54, 1.807) is 18.2 Å². The molecule has 3 aromatic rings. The minimum absolute atomic E-state index is 0.0225. The molecule has 0 atom stereocenters. The molecule has 2 aromatic carbocycles. The third kappa shape index (κ3) is 4.14. The Morgan fingerprint density at radius 1 is 0.929 bits per heavy atom. The van der Waals surface area contributed by atoms with E-state index in [2.05, 4.69) is 20.8 Å². The highest BCUT2D eigenvalue weighted by atomic mass is 19.1. The van der Waals surface area contributed by atoms with Gasteiger partial charge in [-0.3, -0.25) is 4.79 Å². The van der Waals surface area contributed by atoms with Gasteiger partial charge < -0.3 is 20.1 Å². The van der Waals surface area contributed by atoms with E-state index >= 15 is 0 Å². The molecule has 7 nitrogen and oxygen atoms in total. The van der Waals surface area contributed by atoms with Gasteiger partial charge in [-0.15, -0.1) is 10.2 Å². The molecule has 9 heteroatoms. The predicted molar refractivity (Wildman–Crippen MR) is 99.2 cm³/mol. The minimum Gasteiger partial charge on any atom is -0.493 e. The van der Waals surface area contributed by atoms with Crippen LogP contribution in [0.1, 0.15) is 10.5 Å². The summed E-state index contributed by atoms with van der Waals surface area (Å²) in [4.78, 5) is 12.3. The van der Waals surface area contributed by atoms with Crippen LogP contribution in [0.25, 0.3) is 0 Å². The normalized spacial score (nSPS) is 10.3. The van der Waals surface area contributed by atoms with Crippen molar-refractivity contribution in [2.24, 2.45) is 0 Å². The van der Waals surface area contributed by atoms with E-state index in [0.717, 1.165) is 12.1 Å². The molecule has 0 aliphatic heterocycles. The van der Waals surface area contributed by atoms with Gasteiger partial charge in [0, 0.05) is 11.8 Å². The van der Waals surface area contributed by atoms with Crippen LogP contribution < -0.4 is 20.1 Å². The highest BCUT2D eigenvalue weighted by molar-refractivity contribution is 6.03. The fourth-order valence-electron chi connectivity index (χ4n) is 2.37. The number of nitrogens with zero attached hydrogens (tertiary/aromatic N) is 2. The maximum Gasteiger partial charge on any atom is 0.276 e. The predicted octanol–water partition coefficient (Wildman–Crippen LogP) is 3.77. The number of benzene rings is 2. The maximum absolute atomic E-state index is 13.7. The van der Waals surface area contributed by atoms with Crippen LogP contribution in [0, 0.1) is 11.6 Å². The number of para-hydroxylation sites is 1. The number of carbonyl (C=O) groups excluding carboxylic acids is 1. The number of nitrogens with one attached hydrogen (secondary N) is 2. The first-order valence-electron chi connectivity index (χ1n) is 8.10. The Kier molecular flexibility index (Phi) is 5.64. The molecule has 0 spiro atoms. The number of anilines is 3. The summed E-state index contributed by atoms with van der Waals surface area (Å²) < 4.78 is 37.7. The van der Waals surface area contributed by atoms with Gasteiger partial charge in [0.25, 0.3) is 5.91 Å². The summed E-state index contributed by atoms with van der Waals surface area (Å²) in [5, 5.41) is 12.7. The van der Waals surface area contributed by atoms with Crippen LogP contribution in [0.4, 0.5) is 26.0 Å². The lowest BCUT2D eigenvalue weighted by Crippen LogP contribution is -2.14. The number of methoxy groups -OCH3 is 2. The lowest BCUT2D eigenvalue weighted by molar-refractivity contribution is 0.102. The molecule has 1 heterocycles. The average molecular weight is 386 g/mol. The van der Waals surface area contributed by atoms with Crippen molar-refractivity contribution < 1.29 is 23.0 Å². The lowest BCUT2D eigenvalue weighted by Gasteiger charge is -2.10. The molecule has 0 aliphatic carbocycles. The third-order valence-corrected chi connectivity index (χ3v) is 3.75. The van der Waals surface area contributed by atoms with Gasteiger partial charge in [-0.2, -0.15) is 0 Å². The second-order valence-corrected chi connectivity index (χ2v) is 5.55. The van der Waals surface area contributed by atoms with Crippen molar-refractivity contribution >= 4 is 23.1 Å². The highest BCUT2D eigenvalue weighted by Crippen LogP contribution is 2.30. The van der Waals surface area contributed by atoms with Gasteiger partial charge in [-0.05, 0) is 36.4 Å². The van der Waals surface area contributed by atoms with E-state index in [0.29, 0.717) is 17.2 Å². The summed E-state index contributed by atoms with van der Waals surface area (Å²) >= 11 is 0. The average Bonchev–Trinajstić information content (AvgIpc) is 2.71. The number of hydrogen-bond donors (Lipinski definition) is 2. The third-order valence-electron chi connectivity index (χ3n) is 3.75. The molecule has 144 valence electrons. The van der Waals surface area contributed by atoms with Gasteiger partial charge in [0.15, 0.2) is 23.0 Å². The summed E-state index contributed by atoms with van der Waals surface area (Å²) in [5.74, 6) is -0.974. The van der Waals surface area contributed by atoms with Crippen LogP contribution in [-0.2, 0) is 0 Å². The lowest BCUT2D eigenvalue weighted by atomic mass is 10.2. The number of carbonyl (C=O) groups is 1. The Morgan fingerprint density at radius 3 is 2.25 bits per heavy atom. The summed E-state index contributed by atoms with van der Waals surface area (Å²) in [5.41, 5.74) is 0.147. The van der Waals surface area contributed by atoms with Crippen molar-refractivity contribution in [3.63, 3.8) is 0 Å². The van der Waals surface area contributed by atoms with Crippen LogP contribution in [0.3, 0.4) is 0 Å². The molecule has 3 rings (SSSR count). The Balaban J connectivity index is 1.72. The molecule has 0 radical (unpaired) electrons. The van der Waals surface area contributed by atoms with Crippen LogP contribution in [0.15, 0.2) is 48.5 Å². The van der Waals surface area contributed by atoms with E-state index in [4.69, 9.17) is 9.47 Å². The van der Waals surface area contributed by atoms with Crippen molar-refractivity contribution in [3.8, 4) is 11.5 Å². The quantitative estimate of drug-likeness (QED) is 0.671. The fourth-order valence-corrected chi connectivity index (χ4v) is 2.37. The SMILES string of the molecule is COc1ccc(NC(=O)c2ccc(Nc3c(F)cccc3F)nn2)cc1OC. The maximum atomic E-state index is 13.7. The zero-order valence-electron chi connectivity index (χ0n) is 15.0. The van der Waals surface area contributed by atoms with Gasteiger partial charge in [0.1, 0.15) is 17.3 Å². The largest absolute Gasteiger partial charge is 0.493 e. The van der Waals surface area contributed by atoms with E-state index in [1.807, 2.05) is 0 Å². The van der Waals surface area contributed by atoms with Gasteiger partial charge in [0.2, 0.25) is 0 Å². The van der Waals surface area contributed by atoms with Gasteiger partial charge in [0.05, 0.1) is 14.2 Å². The van der Waals surface area contributed by atoms with Crippen LogP contribution >= 0.6 is 0 Å². The zero-order chi connectivity index (χ0) is 20.1. The monoisotopic (exact) mass is 386 g/mol. The zero-order valence-corrected chi connectivity index (χ0v) is 15.0. The van der Waals surface area contributed by atoms with E-state index in [9.17, 15) is 13.6 Å². The molecule has 0 saturated carbocycles.